The van der Waals surface area contributed by atoms with Crippen molar-refractivity contribution in [3.8, 4) is 11.5 Å². The Morgan fingerprint density at radius 2 is 2.14 bits per heavy atom. The number of phenolic OH excluding ortho intramolecular Hbond substituents is 1. The fourth-order valence-electron chi connectivity index (χ4n) is 1.32. The number of aromatic hydroxyl groups is 1. The van der Waals surface area contributed by atoms with Crippen LogP contribution >= 0.6 is 0 Å². The van der Waals surface area contributed by atoms with E-state index >= 15 is 0 Å². The summed E-state index contributed by atoms with van der Waals surface area (Å²) in [6, 6.07) is 4.87. The van der Waals surface area contributed by atoms with Crippen molar-refractivity contribution in [3.05, 3.63) is 18.2 Å². The van der Waals surface area contributed by atoms with Crippen LogP contribution in [-0.2, 0) is 4.79 Å². The summed E-state index contributed by atoms with van der Waals surface area (Å²) in [4.78, 5) is 11.5. The number of hydrogen-bond acceptors (Lipinski definition) is 3. The summed E-state index contributed by atoms with van der Waals surface area (Å²) >= 11 is 0. The Balaban J connectivity index is 2.51. The van der Waals surface area contributed by atoms with Gasteiger partial charge in [-0.2, -0.15) is 0 Å². The van der Waals surface area contributed by atoms with Gasteiger partial charge in [0.15, 0.2) is 5.60 Å². The molecular formula is C10H11NO3. The zero-order chi connectivity index (χ0) is 10.3. The molecule has 4 nitrogen and oxygen atoms in total. The number of anilines is 1. The molecule has 0 aromatic heterocycles. The number of carbonyl (C=O) groups is 1. The number of para-hydroxylation sites is 1. The predicted molar refractivity (Wildman–Crippen MR) is 51.4 cm³/mol. The first-order valence-electron chi connectivity index (χ1n) is 4.33. The lowest BCUT2D eigenvalue weighted by molar-refractivity contribution is -0.129. The second kappa shape index (κ2) is 2.64. The van der Waals surface area contributed by atoms with E-state index in [1.165, 1.54) is 6.07 Å². The highest BCUT2D eigenvalue weighted by molar-refractivity contribution is 6.01. The quantitative estimate of drug-likeness (QED) is 0.614. The molecule has 0 radical (unpaired) electrons. The average Bonchev–Trinajstić information content (AvgIpc) is 2.08. The Labute approximate surface area is 81.5 Å². The Morgan fingerprint density at radius 1 is 1.43 bits per heavy atom. The second-order valence-electron chi connectivity index (χ2n) is 3.72. The van der Waals surface area contributed by atoms with E-state index in [1.807, 2.05) is 0 Å². The Morgan fingerprint density at radius 3 is 2.86 bits per heavy atom. The van der Waals surface area contributed by atoms with Gasteiger partial charge in [-0.1, -0.05) is 6.07 Å². The maximum absolute atomic E-state index is 11.5. The average molecular weight is 193 g/mol. The number of rotatable bonds is 0. The van der Waals surface area contributed by atoms with Crippen LogP contribution in [0.15, 0.2) is 18.2 Å². The van der Waals surface area contributed by atoms with Crippen molar-refractivity contribution in [2.75, 3.05) is 5.32 Å². The summed E-state index contributed by atoms with van der Waals surface area (Å²) in [7, 11) is 0. The van der Waals surface area contributed by atoms with Crippen LogP contribution in [0.3, 0.4) is 0 Å². The maximum Gasteiger partial charge on any atom is 0.268 e. The number of nitrogens with one attached hydrogen (secondary N) is 1. The minimum atomic E-state index is -0.888. The summed E-state index contributed by atoms with van der Waals surface area (Å²) in [6.07, 6.45) is 0. The summed E-state index contributed by atoms with van der Waals surface area (Å²) in [5.74, 6) is 0.257. The van der Waals surface area contributed by atoms with E-state index in [1.54, 1.807) is 26.0 Å². The molecule has 0 atom stereocenters. The van der Waals surface area contributed by atoms with E-state index in [0.29, 0.717) is 11.4 Å². The van der Waals surface area contributed by atoms with Gasteiger partial charge in [0.1, 0.15) is 17.2 Å². The summed E-state index contributed by atoms with van der Waals surface area (Å²) in [5.41, 5.74) is -0.544. The van der Waals surface area contributed by atoms with Crippen molar-refractivity contribution >= 4 is 11.6 Å². The molecule has 4 heteroatoms. The van der Waals surface area contributed by atoms with Crippen molar-refractivity contribution in [1.29, 1.82) is 0 Å². The van der Waals surface area contributed by atoms with Crippen molar-refractivity contribution in [3.63, 3.8) is 0 Å². The highest BCUT2D eigenvalue weighted by Crippen LogP contribution is 2.39. The molecule has 0 fully saturated rings. The molecule has 14 heavy (non-hydrogen) atoms. The fraction of sp³-hybridized carbons (Fsp3) is 0.300. The van der Waals surface area contributed by atoms with Crippen LogP contribution in [0.2, 0.25) is 0 Å². The molecule has 1 aromatic carbocycles. The highest BCUT2D eigenvalue weighted by Gasteiger charge is 2.36. The Kier molecular flexibility index (Phi) is 1.67. The van der Waals surface area contributed by atoms with Gasteiger partial charge in [0.2, 0.25) is 0 Å². The predicted octanol–water partition coefficient (Wildman–Crippen LogP) is 1.50. The topological polar surface area (TPSA) is 58.6 Å². The van der Waals surface area contributed by atoms with Gasteiger partial charge in [0, 0.05) is 0 Å². The Bertz CT molecular complexity index is 398. The monoisotopic (exact) mass is 193 g/mol. The third-order valence-corrected chi connectivity index (χ3v) is 2.15. The normalized spacial score (nSPS) is 18.0. The van der Waals surface area contributed by atoms with Crippen LogP contribution in [0.25, 0.3) is 0 Å². The van der Waals surface area contributed by atoms with Crippen molar-refractivity contribution in [1.82, 2.24) is 0 Å². The number of amides is 1. The minimum Gasteiger partial charge on any atom is -0.506 e. The van der Waals surface area contributed by atoms with Crippen LogP contribution < -0.4 is 10.1 Å². The molecule has 2 N–H and O–H groups in total. The molecule has 0 bridgehead atoms. The van der Waals surface area contributed by atoms with Crippen LogP contribution in [0.4, 0.5) is 5.69 Å². The van der Waals surface area contributed by atoms with Crippen LogP contribution in [-0.4, -0.2) is 16.6 Å². The third kappa shape index (κ3) is 1.19. The number of hydrogen-bond donors (Lipinski definition) is 2. The molecule has 1 aromatic rings. The molecule has 1 aliphatic heterocycles. The van der Waals surface area contributed by atoms with E-state index in [0.717, 1.165) is 0 Å². The molecule has 0 spiro atoms. The Hall–Kier alpha value is -1.71. The fourth-order valence-corrected chi connectivity index (χ4v) is 1.32. The SMILES string of the molecule is CC1(C)Oc2cccc(O)c2NC1=O. The van der Waals surface area contributed by atoms with Crippen molar-refractivity contribution < 1.29 is 14.6 Å². The van der Waals surface area contributed by atoms with Gasteiger partial charge in [-0.25, -0.2) is 0 Å². The lowest BCUT2D eigenvalue weighted by Gasteiger charge is -2.31. The zero-order valence-corrected chi connectivity index (χ0v) is 8.00. The number of phenols is 1. The molecule has 74 valence electrons. The molecule has 1 amide bonds. The number of fused-ring (bicyclic) bond motifs is 1. The van der Waals surface area contributed by atoms with Gasteiger partial charge in [0.05, 0.1) is 0 Å². The number of ether oxygens (including phenoxy) is 1. The molecule has 0 aliphatic carbocycles. The van der Waals surface area contributed by atoms with Gasteiger partial charge in [-0.15, -0.1) is 0 Å². The van der Waals surface area contributed by atoms with Gasteiger partial charge >= 0.3 is 0 Å². The van der Waals surface area contributed by atoms with E-state index in [2.05, 4.69) is 5.32 Å². The summed E-state index contributed by atoms with van der Waals surface area (Å²) in [5, 5.41) is 12.1. The van der Waals surface area contributed by atoms with Crippen LogP contribution in [0, 0.1) is 0 Å². The minimum absolute atomic E-state index is 0.0198. The van der Waals surface area contributed by atoms with Gasteiger partial charge in [-0.3, -0.25) is 4.79 Å². The lowest BCUT2D eigenvalue weighted by atomic mass is 10.1. The van der Waals surface area contributed by atoms with Crippen molar-refractivity contribution in [2.24, 2.45) is 0 Å². The van der Waals surface area contributed by atoms with Gasteiger partial charge in [0.25, 0.3) is 5.91 Å². The van der Waals surface area contributed by atoms with E-state index < -0.39 is 5.60 Å². The molecule has 1 heterocycles. The first kappa shape index (κ1) is 8.87. The van der Waals surface area contributed by atoms with E-state index in [4.69, 9.17) is 4.74 Å². The summed E-state index contributed by atoms with van der Waals surface area (Å²) < 4.78 is 5.44. The summed E-state index contributed by atoms with van der Waals surface area (Å²) in [6.45, 7) is 3.35. The smallest absolute Gasteiger partial charge is 0.268 e. The highest BCUT2D eigenvalue weighted by atomic mass is 16.5. The number of benzene rings is 1. The second-order valence-corrected chi connectivity index (χ2v) is 3.72. The van der Waals surface area contributed by atoms with Crippen LogP contribution in [0.5, 0.6) is 11.5 Å². The first-order chi connectivity index (χ1) is 6.50. The maximum atomic E-state index is 11.5. The first-order valence-corrected chi connectivity index (χ1v) is 4.33. The molecule has 2 rings (SSSR count). The van der Waals surface area contributed by atoms with E-state index in [9.17, 15) is 9.90 Å². The lowest BCUT2D eigenvalue weighted by Crippen LogP contribution is -2.45. The van der Waals surface area contributed by atoms with E-state index in [-0.39, 0.29) is 11.7 Å². The van der Waals surface area contributed by atoms with Gasteiger partial charge < -0.3 is 15.2 Å². The van der Waals surface area contributed by atoms with Crippen molar-refractivity contribution in [2.45, 2.75) is 19.4 Å². The molecule has 0 saturated heterocycles. The molecule has 1 aliphatic rings. The number of carbonyl (C=O) groups excluding carboxylic acids is 1. The third-order valence-electron chi connectivity index (χ3n) is 2.15. The standard InChI is InChI=1S/C10H11NO3/c1-10(2)9(13)11-8-6(12)4-3-5-7(8)14-10/h3-5,12H,1-2H3,(H,11,13). The largest absolute Gasteiger partial charge is 0.506 e. The zero-order valence-electron chi connectivity index (χ0n) is 8.00. The van der Waals surface area contributed by atoms with Crippen LogP contribution in [0.1, 0.15) is 13.8 Å². The molecule has 0 saturated carbocycles. The van der Waals surface area contributed by atoms with Gasteiger partial charge in [-0.05, 0) is 26.0 Å². The molecule has 0 unspecified atom stereocenters. The molecular weight excluding hydrogens is 182 g/mol.